The number of pyridine rings is 1. The van der Waals surface area contributed by atoms with Crippen LogP contribution in [0, 0.1) is 18.6 Å². The largest absolute Gasteiger partial charge is 0.496 e. The van der Waals surface area contributed by atoms with E-state index >= 15 is 8.78 Å². The van der Waals surface area contributed by atoms with Crippen molar-refractivity contribution in [2.24, 2.45) is 4.99 Å². The number of carbonyl (C=O) groups excluding carboxylic acids is 2. The van der Waals surface area contributed by atoms with Gasteiger partial charge in [0.25, 0.3) is 0 Å². The van der Waals surface area contributed by atoms with Crippen molar-refractivity contribution in [3.8, 4) is 16.9 Å². The van der Waals surface area contributed by atoms with Crippen LogP contribution in [0.15, 0.2) is 59.7 Å². The quantitative estimate of drug-likeness (QED) is 0.0673. The topological polar surface area (TPSA) is 96.7 Å². The first-order valence-electron chi connectivity index (χ1n) is 17.4. The van der Waals surface area contributed by atoms with E-state index in [2.05, 4.69) is 15.5 Å². The van der Waals surface area contributed by atoms with Crippen LogP contribution in [0.4, 0.5) is 30.2 Å². The van der Waals surface area contributed by atoms with Crippen LogP contribution in [0.1, 0.15) is 60.8 Å². The zero-order chi connectivity index (χ0) is 37.7. The van der Waals surface area contributed by atoms with Gasteiger partial charge in [-0.2, -0.15) is 0 Å². The fraction of sp³-hybridized carbons (Fsp3) is 0.375. The first kappa shape index (κ1) is 38.3. The second-order valence-corrected chi connectivity index (χ2v) is 12.9. The molecule has 4 aromatic rings. The van der Waals surface area contributed by atoms with Crippen molar-refractivity contribution in [3.63, 3.8) is 0 Å². The van der Waals surface area contributed by atoms with Crippen LogP contribution in [0.25, 0.3) is 16.6 Å². The molecule has 6 rings (SSSR count). The Morgan fingerprint density at radius 2 is 1.81 bits per heavy atom. The number of alkyl halides is 1. The molecule has 0 unspecified atom stereocenters. The van der Waals surface area contributed by atoms with Crippen molar-refractivity contribution in [1.29, 1.82) is 0 Å². The van der Waals surface area contributed by atoms with Gasteiger partial charge in [0, 0.05) is 62.9 Å². The Hall–Kier alpha value is -4.94. The number of aromatic nitrogens is 1. The summed E-state index contributed by atoms with van der Waals surface area (Å²) in [7, 11) is 5.23. The van der Waals surface area contributed by atoms with Crippen LogP contribution < -0.4 is 20.3 Å². The Bertz CT molecular complexity index is 2030. The predicted octanol–water partition coefficient (Wildman–Crippen LogP) is 7.78. The number of ether oxygens (including phenoxy) is 2. The van der Waals surface area contributed by atoms with Crippen molar-refractivity contribution in [3.05, 3.63) is 88.8 Å². The van der Waals surface area contributed by atoms with Gasteiger partial charge < -0.3 is 29.4 Å². The van der Waals surface area contributed by atoms with Crippen LogP contribution in [0.3, 0.4) is 0 Å². The lowest BCUT2D eigenvalue weighted by molar-refractivity contribution is -0.112. The average Bonchev–Trinajstić information content (AvgIpc) is 3.74. The maximum absolute atomic E-state index is 15.3. The van der Waals surface area contributed by atoms with Gasteiger partial charge >= 0.3 is 0 Å². The SMILES string of the molecule is CC.COCC(C)=Nc1c(C)cc(OC)c2c1N(C)CCc1cc(C(=O)c3cc(F)c(NC(=O)/C=C/CNCC4(F)CC4)c(F)c3)n3cccc-2c13. The molecule has 0 spiro atoms. The van der Waals surface area contributed by atoms with Gasteiger partial charge in [-0.1, -0.05) is 26.0 Å². The van der Waals surface area contributed by atoms with Crippen LogP contribution in [0.2, 0.25) is 0 Å². The molecule has 9 nitrogen and oxygen atoms in total. The summed E-state index contributed by atoms with van der Waals surface area (Å²) in [5, 5.41) is 5.08. The smallest absolute Gasteiger partial charge is 0.248 e. The number of halogens is 3. The summed E-state index contributed by atoms with van der Waals surface area (Å²) in [6, 6.07) is 9.33. The number of hydrogen-bond donors (Lipinski definition) is 2. The van der Waals surface area contributed by atoms with Crippen LogP contribution in [0.5, 0.6) is 5.75 Å². The molecule has 1 amide bonds. The second-order valence-electron chi connectivity index (χ2n) is 12.9. The minimum atomic E-state index is -1.18. The average molecular weight is 718 g/mol. The molecule has 2 aromatic carbocycles. The number of benzene rings is 2. The van der Waals surface area contributed by atoms with Gasteiger partial charge in [0.05, 0.1) is 41.9 Å². The number of methoxy groups -OCH3 is 2. The summed E-state index contributed by atoms with van der Waals surface area (Å²) in [4.78, 5) is 33.4. The lowest BCUT2D eigenvalue weighted by Crippen LogP contribution is -2.25. The first-order valence-corrected chi connectivity index (χ1v) is 17.4. The molecule has 1 aliphatic carbocycles. The second kappa shape index (κ2) is 16.2. The number of nitrogens with zero attached hydrogens (tertiary/aromatic N) is 3. The molecule has 0 atom stereocenters. The van der Waals surface area contributed by atoms with Crippen LogP contribution in [-0.4, -0.2) is 75.0 Å². The van der Waals surface area contributed by atoms with E-state index in [1.165, 1.54) is 6.08 Å². The van der Waals surface area contributed by atoms with Crippen molar-refractivity contribution in [1.82, 2.24) is 9.72 Å². The van der Waals surface area contributed by atoms with Crippen LogP contribution >= 0.6 is 0 Å². The number of fused-ring (bicyclic) bond motifs is 2. The van der Waals surface area contributed by atoms with E-state index in [1.54, 1.807) is 30.9 Å². The summed E-state index contributed by atoms with van der Waals surface area (Å²) in [5.74, 6) is -2.89. The maximum atomic E-state index is 15.3. The van der Waals surface area contributed by atoms with E-state index < -0.39 is 34.7 Å². The van der Waals surface area contributed by atoms with E-state index in [0.717, 1.165) is 63.1 Å². The maximum Gasteiger partial charge on any atom is 0.248 e. The van der Waals surface area contributed by atoms with Gasteiger partial charge in [0.15, 0.2) is 0 Å². The molecule has 1 fully saturated rings. The fourth-order valence-electron chi connectivity index (χ4n) is 6.43. The third kappa shape index (κ3) is 7.93. The molecule has 0 saturated heterocycles. The number of amides is 1. The highest BCUT2D eigenvalue weighted by molar-refractivity contribution is 6.11. The Kier molecular flexibility index (Phi) is 11.9. The third-order valence-corrected chi connectivity index (χ3v) is 9.09. The van der Waals surface area contributed by atoms with Crippen molar-refractivity contribution >= 4 is 40.0 Å². The molecule has 0 bridgehead atoms. The summed E-state index contributed by atoms with van der Waals surface area (Å²) in [6.07, 6.45) is 5.91. The fourth-order valence-corrected chi connectivity index (χ4v) is 6.43. The van der Waals surface area contributed by atoms with Crippen LogP contribution in [-0.2, 0) is 16.0 Å². The monoisotopic (exact) mass is 717 g/mol. The van der Waals surface area contributed by atoms with Crippen molar-refractivity contribution < 1.29 is 32.2 Å². The molecule has 3 heterocycles. The molecular weight excluding hydrogens is 671 g/mol. The van der Waals surface area contributed by atoms with E-state index in [0.29, 0.717) is 38.2 Å². The van der Waals surface area contributed by atoms with Gasteiger partial charge in [0.2, 0.25) is 11.7 Å². The summed E-state index contributed by atoms with van der Waals surface area (Å²) in [6.45, 7) is 9.27. The number of nitrogens with one attached hydrogen (secondary N) is 2. The minimum absolute atomic E-state index is 0.181. The Labute approximate surface area is 302 Å². The Balaban J connectivity index is 0.00000257. The number of ketones is 1. The van der Waals surface area contributed by atoms with E-state index in [1.807, 2.05) is 52.9 Å². The molecule has 12 heteroatoms. The lowest BCUT2D eigenvalue weighted by atomic mass is 9.94. The number of carbonyl (C=O) groups is 2. The van der Waals surface area contributed by atoms with Gasteiger partial charge in [-0.15, -0.1) is 0 Å². The zero-order valence-corrected chi connectivity index (χ0v) is 30.8. The van der Waals surface area contributed by atoms with Gasteiger partial charge in [-0.3, -0.25) is 14.6 Å². The molecule has 2 N–H and O–H groups in total. The summed E-state index contributed by atoms with van der Waals surface area (Å²) in [5.41, 5.74) is 4.88. The molecule has 1 saturated carbocycles. The number of hydrogen-bond acceptors (Lipinski definition) is 7. The summed E-state index contributed by atoms with van der Waals surface area (Å²) < 4.78 is 57.2. The Morgan fingerprint density at radius 1 is 1.10 bits per heavy atom. The predicted molar refractivity (Wildman–Crippen MR) is 201 cm³/mol. The number of aliphatic imine (C=N–C) groups is 1. The zero-order valence-electron chi connectivity index (χ0n) is 30.8. The molecule has 276 valence electrons. The molecule has 0 radical (unpaired) electrons. The molecular formula is C40H46F3N5O4. The molecule has 52 heavy (non-hydrogen) atoms. The molecule has 2 aliphatic rings. The van der Waals surface area contributed by atoms with Gasteiger partial charge in [0.1, 0.15) is 28.7 Å². The standard InChI is InChI=1S/C38H40F3N5O4.C2H6/c1-22-16-30(50-5)32-26-8-7-14-46-29(19-24(35(26)46)10-15-45(3)36(32)33(22)43-23(2)20-49-4)37(48)25-17-27(39)34(28(40)18-25)44-31(47)9-6-13-42-21-38(41)11-12-38;1-2/h6-9,14,16-19,42H,10-13,15,20-21H2,1-5H3,(H,44,47);1-2H3/b9-6+,43-23?;. The first-order chi connectivity index (χ1) is 24.9. The van der Waals surface area contributed by atoms with Gasteiger partial charge in [-0.05, 0) is 74.6 Å². The van der Waals surface area contributed by atoms with Crippen molar-refractivity contribution in [2.75, 3.05) is 57.7 Å². The van der Waals surface area contributed by atoms with E-state index in [-0.39, 0.29) is 24.3 Å². The van der Waals surface area contributed by atoms with E-state index in [9.17, 15) is 14.0 Å². The molecule has 2 aromatic heterocycles. The summed E-state index contributed by atoms with van der Waals surface area (Å²) >= 11 is 0. The van der Waals surface area contributed by atoms with Crippen molar-refractivity contribution in [2.45, 2.75) is 52.6 Å². The normalized spacial score (nSPS) is 14.7. The lowest BCUT2D eigenvalue weighted by Gasteiger charge is -2.29. The number of anilines is 2. The third-order valence-electron chi connectivity index (χ3n) is 9.09. The highest BCUT2D eigenvalue weighted by Gasteiger charge is 2.42. The highest BCUT2D eigenvalue weighted by atomic mass is 19.1. The highest BCUT2D eigenvalue weighted by Crippen LogP contribution is 2.49. The number of rotatable bonds is 12. The Morgan fingerprint density at radius 3 is 2.46 bits per heavy atom. The minimum Gasteiger partial charge on any atom is -0.496 e. The van der Waals surface area contributed by atoms with E-state index in [4.69, 9.17) is 14.5 Å². The number of aryl methyl sites for hydroxylation is 1. The molecule has 1 aliphatic heterocycles. The number of likely N-dealkylation sites (N-methyl/N-ethyl adjacent to an activating group) is 1. The van der Waals surface area contributed by atoms with Gasteiger partial charge in [-0.25, -0.2) is 13.2 Å².